The van der Waals surface area contributed by atoms with Gasteiger partial charge in [-0.2, -0.15) is 5.26 Å². The summed E-state index contributed by atoms with van der Waals surface area (Å²) in [5, 5.41) is 23.6. The van der Waals surface area contributed by atoms with E-state index >= 15 is 0 Å². The summed E-state index contributed by atoms with van der Waals surface area (Å²) in [6, 6.07) is 7.10. The Morgan fingerprint density at radius 3 is 2.95 bits per heavy atom. The fourth-order valence-corrected chi connectivity index (χ4v) is 2.63. The number of para-hydroxylation sites is 1. The zero-order valence-electron chi connectivity index (χ0n) is 11.5. The third-order valence-electron chi connectivity index (χ3n) is 3.64. The number of likely N-dealkylation sites (N-methyl/N-ethyl adjacent to an activating group) is 1. The molecular weight excluding hydrogens is 256 g/mol. The summed E-state index contributed by atoms with van der Waals surface area (Å²) < 4.78 is 0. The zero-order chi connectivity index (χ0) is 14.5. The maximum Gasteiger partial charge on any atom is 0.310 e. The first-order chi connectivity index (χ1) is 9.63. The molecule has 1 N–H and O–H groups in total. The van der Waals surface area contributed by atoms with Gasteiger partial charge in [-0.25, -0.2) is 0 Å². The standard InChI is InChI=1S/C14H18N4O2/c1-17(10-12-6-2-3-8-16-12)13-7-4-5-11(9-15)14(13)18(19)20/h4-5,7,12,16H,2-3,6,8,10H2,1H3. The summed E-state index contributed by atoms with van der Waals surface area (Å²) in [4.78, 5) is 12.6. The fraction of sp³-hybridized carbons (Fsp3) is 0.500. The van der Waals surface area contributed by atoms with E-state index in [1.54, 1.807) is 12.1 Å². The minimum absolute atomic E-state index is 0.103. The average Bonchev–Trinajstić information content (AvgIpc) is 2.47. The lowest BCUT2D eigenvalue weighted by Crippen LogP contribution is -2.42. The predicted octanol–water partition coefficient (Wildman–Crippen LogP) is 2.04. The largest absolute Gasteiger partial charge is 0.367 e. The fourth-order valence-electron chi connectivity index (χ4n) is 2.63. The van der Waals surface area contributed by atoms with Gasteiger partial charge in [0.25, 0.3) is 0 Å². The molecule has 6 heteroatoms. The highest BCUT2D eigenvalue weighted by atomic mass is 16.6. The minimum Gasteiger partial charge on any atom is -0.367 e. The molecule has 1 aromatic carbocycles. The molecule has 0 aromatic heterocycles. The van der Waals surface area contributed by atoms with Gasteiger partial charge in [-0.1, -0.05) is 12.5 Å². The molecule has 0 saturated carbocycles. The second kappa shape index (κ2) is 6.35. The van der Waals surface area contributed by atoms with Gasteiger partial charge in [-0.3, -0.25) is 10.1 Å². The highest BCUT2D eigenvalue weighted by Gasteiger charge is 2.24. The van der Waals surface area contributed by atoms with Crippen LogP contribution in [0, 0.1) is 21.4 Å². The third-order valence-corrected chi connectivity index (χ3v) is 3.64. The van der Waals surface area contributed by atoms with Gasteiger partial charge >= 0.3 is 5.69 Å². The molecule has 1 unspecified atom stereocenters. The Bertz CT molecular complexity index is 532. The van der Waals surface area contributed by atoms with E-state index in [2.05, 4.69) is 5.32 Å². The number of benzene rings is 1. The number of nitrogens with one attached hydrogen (secondary N) is 1. The van der Waals surface area contributed by atoms with Crippen molar-refractivity contribution in [3.8, 4) is 6.07 Å². The Labute approximate surface area is 118 Å². The Balaban J connectivity index is 2.22. The van der Waals surface area contributed by atoms with Crippen LogP contribution >= 0.6 is 0 Å². The van der Waals surface area contributed by atoms with Gasteiger partial charge in [-0.05, 0) is 31.5 Å². The molecule has 0 amide bonds. The number of nitro groups is 1. The lowest BCUT2D eigenvalue weighted by atomic mass is 10.0. The molecule has 6 nitrogen and oxygen atoms in total. The summed E-state index contributed by atoms with van der Waals surface area (Å²) in [5.41, 5.74) is 0.505. The van der Waals surface area contributed by atoms with Crippen molar-refractivity contribution >= 4 is 11.4 Å². The van der Waals surface area contributed by atoms with E-state index in [0.717, 1.165) is 13.0 Å². The molecule has 1 heterocycles. The number of nitriles is 1. The SMILES string of the molecule is CN(CC1CCCCN1)c1cccc(C#N)c1[N+](=O)[O-]. The summed E-state index contributed by atoms with van der Waals surface area (Å²) in [6.45, 7) is 1.70. The van der Waals surface area contributed by atoms with Gasteiger partial charge in [0.2, 0.25) is 0 Å². The van der Waals surface area contributed by atoms with Crippen molar-refractivity contribution < 1.29 is 4.92 Å². The van der Waals surface area contributed by atoms with Crippen molar-refractivity contribution in [1.29, 1.82) is 5.26 Å². The average molecular weight is 274 g/mol. The number of rotatable bonds is 4. The molecule has 1 aromatic rings. The van der Waals surface area contributed by atoms with E-state index in [1.165, 1.54) is 18.9 Å². The van der Waals surface area contributed by atoms with E-state index in [4.69, 9.17) is 5.26 Å². The maximum atomic E-state index is 11.2. The molecule has 106 valence electrons. The first kappa shape index (κ1) is 14.3. The first-order valence-electron chi connectivity index (χ1n) is 6.75. The number of anilines is 1. The van der Waals surface area contributed by atoms with Crippen LogP contribution in [0.4, 0.5) is 11.4 Å². The summed E-state index contributed by atoms with van der Waals surface area (Å²) in [5.74, 6) is 0. The third kappa shape index (κ3) is 3.06. The number of nitrogens with zero attached hydrogens (tertiary/aromatic N) is 3. The number of hydrogen-bond donors (Lipinski definition) is 1. The highest BCUT2D eigenvalue weighted by molar-refractivity contribution is 5.69. The molecule has 1 aliphatic rings. The normalized spacial score (nSPS) is 18.3. The van der Waals surface area contributed by atoms with Crippen molar-refractivity contribution in [2.45, 2.75) is 25.3 Å². The smallest absolute Gasteiger partial charge is 0.310 e. The van der Waals surface area contributed by atoms with Gasteiger partial charge in [0.1, 0.15) is 17.3 Å². The lowest BCUT2D eigenvalue weighted by molar-refractivity contribution is -0.384. The summed E-state index contributed by atoms with van der Waals surface area (Å²) in [6.07, 6.45) is 3.45. The molecule has 20 heavy (non-hydrogen) atoms. The summed E-state index contributed by atoms with van der Waals surface area (Å²) in [7, 11) is 1.83. The topological polar surface area (TPSA) is 82.2 Å². The van der Waals surface area contributed by atoms with Crippen LogP contribution < -0.4 is 10.2 Å². The van der Waals surface area contributed by atoms with Crippen molar-refractivity contribution in [3.05, 3.63) is 33.9 Å². The van der Waals surface area contributed by atoms with Gasteiger partial charge in [-0.15, -0.1) is 0 Å². The quantitative estimate of drug-likeness (QED) is 0.671. The Kier molecular flexibility index (Phi) is 4.53. The van der Waals surface area contributed by atoms with Crippen LogP contribution in [0.15, 0.2) is 18.2 Å². The summed E-state index contributed by atoms with van der Waals surface area (Å²) >= 11 is 0. The molecule has 0 spiro atoms. The van der Waals surface area contributed by atoms with Crippen LogP contribution in [0.3, 0.4) is 0 Å². The number of hydrogen-bond acceptors (Lipinski definition) is 5. The van der Waals surface area contributed by atoms with E-state index in [1.807, 2.05) is 18.0 Å². The van der Waals surface area contributed by atoms with Gasteiger partial charge < -0.3 is 10.2 Å². The predicted molar refractivity (Wildman–Crippen MR) is 76.7 cm³/mol. The lowest BCUT2D eigenvalue weighted by Gasteiger charge is -2.29. The Hall–Kier alpha value is -2.13. The molecule has 1 aliphatic heterocycles. The van der Waals surface area contributed by atoms with E-state index in [0.29, 0.717) is 18.3 Å². The highest BCUT2D eigenvalue weighted by Crippen LogP contribution is 2.31. The van der Waals surface area contributed by atoms with E-state index < -0.39 is 4.92 Å². The minimum atomic E-state index is -0.474. The number of nitro benzene ring substituents is 1. The van der Waals surface area contributed by atoms with Crippen LogP contribution in [0.5, 0.6) is 0 Å². The Morgan fingerprint density at radius 2 is 2.35 bits per heavy atom. The molecule has 0 radical (unpaired) electrons. The number of piperidine rings is 1. The monoisotopic (exact) mass is 274 g/mol. The van der Waals surface area contributed by atoms with Crippen molar-refractivity contribution in [2.24, 2.45) is 0 Å². The molecule has 2 rings (SSSR count). The Morgan fingerprint density at radius 1 is 1.55 bits per heavy atom. The second-order valence-corrected chi connectivity index (χ2v) is 5.07. The van der Waals surface area contributed by atoms with Crippen molar-refractivity contribution in [1.82, 2.24) is 5.32 Å². The first-order valence-corrected chi connectivity index (χ1v) is 6.75. The second-order valence-electron chi connectivity index (χ2n) is 5.07. The molecule has 1 fully saturated rings. The van der Waals surface area contributed by atoms with Crippen LogP contribution in [0.2, 0.25) is 0 Å². The zero-order valence-corrected chi connectivity index (χ0v) is 11.5. The van der Waals surface area contributed by atoms with Crippen LogP contribution in [-0.2, 0) is 0 Å². The molecule has 1 atom stereocenters. The van der Waals surface area contributed by atoms with E-state index in [9.17, 15) is 10.1 Å². The molecule has 0 aliphatic carbocycles. The molecule has 0 bridgehead atoms. The molecular formula is C14H18N4O2. The van der Waals surface area contributed by atoms with E-state index in [-0.39, 0.29) is 11.3 Å². The van der Waals surface area contributed by atoms with Crippen LogP contribution in [-0.4, -0.2) is 31.1 Å². The van der Waals surface area contributed by atoms with Crippen LogP contribution in [0.25, 0.3) is 0 Å². The maximum absolute atomic E-state index is 11.2. The van der Waals surface area contributed by atoms with Crippen molar-refractivity contribution in [2.75, 3.05) is 25.0 Å². The molecule has 1 saturated heterocycles. The van der Waals surface area contributed by atoms with Gasteiger partial charge in [0, 0.05) is 19.6 Å². The van der Waals surface area contributed by atoms with Crippen LogP contribution in [0.1, 0.15) is 24.8 Å². The van der Waals surface area contributed by atoms with Gasteiger partial charge in [0.05, 0.1) is 4.92 Å². The van der Waals surface area contributed by atoms with Gasteiger partial charge in [0.15, 0.2) is 0 Å². The van der Waals surface area contributed by atoms with Crippen molar-refractivity contribution in [3.63, 3.8) is 0 Å².